The molecule has 0 radical (unpaired) electrons. The standard InChI is InChI=1S/C26H27N7/c1-3-22(33-15-19(14-30-33)24-20-10-12-27-25(20)29-17-28-24)26(2)11-13-32(16-26)23-9-8-18-6-4-5-7-21(18)31-23/h4-10,12,14-15,17,22H,3,11,13,16H2,1-2H3,(H,27,28,29). The zero-order valence-electron chi connectivity index (χ0n) is 18.9. The van der Waals surface area contributed by atoms with Gasteiger partial charge in [-0.25, -0.2) is 15.0 Å². The third-order valence-corrected chi connectivity index (χ3v) is 7.15. The number of benzene rings is 1. The van der Waals surface area contributed by atoms with E-state index in [1.165, 1.54) is 5.39 Å². The average molecular weight is 438 g/mol. The average Bonchev–Trinajstić information content (AvgIpc) is 3.59. The maximum absolute atomic E-state index is 4.93. The first-order valence-electron chi connectivity index (χ1n) is 11.6. The van der Waals surface area contributed by atoms with Gasteiger partial charge in [-0.2, -0.15) is 5.10 Å². The van der Waals surface area contributed by atoms with Crippen LogP contribution in [0.2, 0.25) is 0 Å². The number of nitrogens with zero attached hydrogens (tertiary/aromatic N) is 6. The smallest absolute Gasteiger partial charge is 0.141 e. The Morgan fingerprint density at radius 2 is 2.03 bits per heavy atom. The predicted octanol–water partition coefficient (Wildman–Crippen LogP) is 5.24. The number of fused-ring (bicyclic) bond motifs is 2. The Hall–Kier alpha value is -3.74. The number of anilines is 1. The summed E-state index contributed by atoms with van der Waals surface area (Å²) in [6, 6.07) is 14.9. The van der Waals surface area contributed by atoms with Gasteiger partial charge in [-0.1, -0.05) is 32.0 Å². The fourth-order valence-corrected chi connectivity index (χ4v) is 5.42. The summed E-state index contributed by atoms with van der Waals surface area (Å²) in [4.78, 5) is 19.4. The van der Waals surface area contributed by atoms with E-state index in [0.29, 0.717) is 6.04 Å². The van der Waals surface area contributed by atoms with Gasteiger partial charge in [-0.15, -0.1) is 0 Å². The molecule has 5 heterocycles. The number of nitrogens with one attached hydrogen (secondary N) is 1. The molecule has 2 unspecified atom stereocenters. The summed E-state index contributed by atoms with van der Waals surface area (Å²) in [5.74, 6) is 1.06. The van der Waals surface area contributed by atoms with Crippen molar-refractivity contribution in [3.05, 3.63) is 67.4 Å². The molecule has 1 aromatic carbocycles. The SMILES string of the molecule is CCC(n1cc(-c2ncnc3[nH]ccc23)cn1)C1(C)CCN(c2ccc3ccccc3n2)C1. The molecule has 1 aliphatic heterocycles. The Bertz CT molecular complexity index is 1430. The summed E-state index contributed by atoms with van der Waals surface area (Å²) in [5, 5.41) is 7.00. The number of rotatable bonds is 5. The minimum Gasteiger partial charge on any atom is -0.356 e. The minimum atomic E-state index is 0.0977. The predicted molar refractivity (Wildman–Crippen MR) is 131 cm³/mol. The second kappa shape index (κ2) is 7.69. The van der Waals surface area contributed by atoms with Gasteiger partial charge in [-0.3, -0.25) is 4.68 Å². The normalized spacial score (nSPS) is 19.5. The van der Waals surface area contributed by atoms with Crippen molar-refractivity contribution in [1.82, 2.24) is 29.7 Å². The molecule has 0 bridgehead atoms. The van der Waals surface area contributed by atoms with Gasteiger partial charge in [-0.05, 0) is 37.1 Å². The lowest BCUT2D eigenvalue weighted by atomic mass is 9.80. The molecule has 7 heteroatoms. The number of H-pyrrole nitrogens is 1. The van der Waals surface area contributed by atoms with Crippen LogP contribution >= 0.6 is 0 Å². The second-order valence-electron chi connectivity index (χ2n) is 9.28. The first-order chi connectivity index (χ1) is 16.1. The fraction of sp³-hybridized carbons (Fsp3) is 0.308. The van der Waals surface area contributed by atoms with Crippen LogP contribution in [-0.2, 0) is 0 Å². The summed E-state index contributed by atoms with van der Waals surface area (Å²) in [5.41, 5.74) is 3.94. The third-order valence-electron chi connectivity index (χ3n) is 7.15. The zero-order chi connectivity index (χ0) is 22.4. The molecule has 33 heavy (non-hydrogen) atoms. The number of aromatic amines is 1. The van der Waals surface area contributed by atoms with Crippen molar-refractivity contribution in [3.63, 3.8) is 0 Å². The van der Waals surface area contributed by atoms with Crippen LogP contribution in [0.3, 0.4) is 0 Å². The Morgan fingerprint density at radius 3 is 2.94 bits per heavy atom. The molecule has 0 spiro atoms. The van der Waals surface area contributed by atoms with Gasteiger partial charge in [0.2, 0.25) is 0 Å². The Labute approximate surface area is 192 Å². The van der Waals surface area contributed by atoms with E-state index in [-0.39, 0.29) is 5.41 Å². The number of pyridine rings is 1. The minimum absolute atomic E-state index is 0.0977. The largest absolute Gasteiger partial charge is 0.356 e. The fourth-order valence-electron chi connectivity index (χ4n) is 5.42. The molecule has 0 saturated carbocycles. The molecule has 1 saturated heterocycles. The highest BCUT2D eigenvalue weighted by Gasteiger charge is 2.41. The van der Waals surface area contributed by atoms with Crippen LogP contribution in [0.15, 0.2) is 67.4 Å². The lowest BCUT2D eigenvalue weighted by Gasteiger charge is -2.34. The molecule has 0 aliphatic carbocycles. The van der Waals surface area contributed by atoms with E-state index in [4.69, 9.17) is 10.1 Å². The van der Waals surface area contributed by atoms with Gasteiger partial charge in [0.25, 0.3) is 0 Å². The van der Waals surface area contributed by atoms with Crippen LogP contribution in [0.5, 0.6) is 0 Å². The van der Waals surface area contributed by atoms with Gasteiger partial charge < -0.3 is 9.88 Å². The zero-order valence-corrected chi connectivity index (χ0v) is 18.9. The summed E-state index contributed by atoms with van der Waals surface area (Å²) in [7, 11) is 0. The van der Waals surface area contributed by atoms with E-state index in [0.717, 1.165) is 59.6 Å². The van der Waals surface area contributed by atoms with Crippen LogP contribution in [0.1, 0.15) is 32.7 Å². The Kier molecular flexibility index (Phi) is 4.64. The van der Waals surface area contributed by atoms with Gasteiger partial charge in [0.1, 0.15) is 17.8 Å². The number of para-hydroxylation sites is 1. The lowest BCUT2D eigenvalue weighted by molar-refractivity contribution is 0.196. The number of hydrogen-bond acceptors (Lipinski definition) is 5. The number of hydrogen-bond donors (Lipinski definition) is 1. The number of aromatic nitrogens is 6. The van der Waals surface area contributed by atoms with E-state index in [9.17, 15) is 0 Å². The molecule has 0 amide bonds. The highest BCUT2D eigenvalue weighted by atomic mass is 15.3. The van der Waals surface area contributed by atoms with Crippen molar-refractivity contribution in [2.24, 2.45) is 5.41 Å². The van der Waals surface area contributed by atoms with Crippen molar-refractivity contribution < 1.29 is 0 Å². The van der Waals surface area contributed by atoms with Gasteiger partial charge in [0.05, 0.1) is 23.4 Å². The monoisotopic (exact) mass is 437 g/mol. The molecular formula is C26H27N7. The van der Waals surface area contributed by atoms with E-state index in [1.807, 2.05) is 18.5 Å². The van der Waals surface area contributed by atoms with Crippen molar-refractivity contribution in [2.75, 3.05) is 18.0 Å². The van der Waals surface area contributed by atoms with Crippen LogP contribution in [0.25, 0.3) is 33.2 Å². The van der Waals surface area contributed by atoms with Gasteiger partial charge in [0.15, 0.2) is 0 Å². The summed E-state index contributed by atoms with van der Waals surface area (Å²) in [6.07, 6.45) is 9.70. The van der Waals surface area contributed by atoms with Crippen molar-refractivity contribution >= 4 is 27.8 Å². The van der Waals surface area contributed by atoms with Crippen molar-refractivity contribution in [2.45, 2.75) is 32.7 Å². The highest BCUT2D eigenvalue weighted by molar-refractivity contribution is 5.90. The highest BCUT2D eigenvalue weighted by Crippen LogP contribution is 2.43. The third kappa shape index (κ3) is 3.35. The second-order valence-corrected chi connectivity index (χ2v) is 9.28. The molecule has 5 aromatic rings. The summed E-state index contributed by atoms with van der Waals surface area (Å²) >= 11 is 0. The van der Waals surface area contributed by atoms with Crippen LogP contribution < -0.4 is 4.90 Å². The molecule has 1 fully saturated rings. The molecular weight excluding hydrogens is 410 g/mol. The van der Waals surface area contributed by atoms with E-state index in [1.54, 1.807) is 6.33 Å². The van der Waals surface area contributed by atoms with Crippen molar-refractivity contribution in [1.29, 1.82) is 0 Å². The van der Waals surface area contributed by atoms with E-state index < -0.39 is 0 Å². The molecule has 4 aromatic heterocycles. The van der Waals surface area contributed by atoms with Crippen molar-refractivity contribution in [3.8, 4) is 11.3 Å². The topological polar surface area (TPSA) is 75.5 Å². The van der Waals surface area contributed by atoms with E-state index in [2.05, 4.69) is 81.0 Å². The van der Waals surface area contributed by atoms with Crippen LogP contribution in [-0.4, -0.2) is 42.8 Å². The summed E-state index contributed by atoms with van der Waals surface area (Å²) < 4.78 is 2.15. The molecule has 1 N–H and O–H groups in total. The molecule has 2 atom stereocenters. The first-order valence-corrected chi connectivity index (χ1v) is 11.6. The maximum atomic E-state index is 4.93. The summed E-state index contributed by atoms with van der Waals surface area (Å²) in [6.45, 7) is 6.60. The molecule has 6 rings (SSSR count). The van der Waals surface area contributed by atoms with Crippen LogP contribution in [0.4, 0.5) is 5.82 Å². The maximum Gasteiger partial charge on any atom is 0.141 e. The molecule has 1 aliphatic rings. The first kappa shape index (κ1) is 19.9. The molecule has 7 nitrogen and oxygen atoms in total. The van der Waals surface area contributed by atoms with Gasteiger partial charge in [0, 0.05) is 47.2 Å². The Morgan fingerprint density at radius 1 is 1.12 bits per heavy atom. The van der Waals surface area contributed by atoms with Gasteiger partial charge >= 0.3 is 0 Å². The quantitative estimate of drug-likeness (QED) is 0.407. The van der Waals surface area contributed by atoms with Crippen LogP contribution in [0, 0.1) is 5.41 Å². The molecule has 166 valence electrons. The van der Waals surface area contributed by atoms with E-state index >= 15 is 0 Å². The Balaban J connectivity index is 1.28. The lowest BCUT2D eigenvalue weighted by Crippen LogP contribution is -2.33.